The van der Waals surface area contributed by atoms with Crippen molar-refractivity contribution in [3.05, 3.63) is 64.2 Å². The normalized spacial score (nSPS) is 21.2. The van der Waals surface area contributed by atoms with Gasteiger partial charge in [-0.2, -0.15) is 0 Å². The minimum atomic E-state index is -1.14. The molecule has 1 aliphatic rings. The number of ether oxygens (including phenoxy) is 2. The molecule has 3 unspecified atom stereocenters. The SMILES string of the molecule is CC(C)Oc1ccc(Cc2cc(C3CC(O)C(=O)C(CO)O3)ccc2Cl)cc1.CO. The zero-order valence-corrected chi connectivity index (χ0v) is 18.2. The van der Waals surface area contributed by atoms with Crippen molar-refractivity contribution in [1.82, 2.24) is 0 Å². The average molecular weight is 437 g/mol. The quantitative estimate of drug-likeness (QED) is 0.644. The molecule has 0 amide bonds. The molecule has 3 atom stereocenters. The Morgan fingerprint density at radius 2 is 1.83 bits per heavy atom. The van der Waals surface area contributed by atoms with E-state index in [1.165, 1.54) is 0 Å². The molecule has 30 heavy (non-hydrogen) atoms. The molecule has 0 spiro atoms. The molecule has 1 saturated heterocycles. The predicted molar refractivity (Wildman–Crippen MR) is 115 cm³/mol. The summed E-state index contributed by atoms with van der Waals surface area (Å²) in [4.78, 5) is 11.8. The van der Waals surface area contributed by atoms with Crippen LogP contribution in [0.25, 0.3) is 0 Å². The minimum absolute atomic E-state index is 0.123. The second-order valence-corrected chi connectivity index (χ2v) is 7.70. The Bertz CT molecular complexity index is 821. The topological polar surface area (TPSA) is 96.2 Å². The molecular formula is C23H29ClO6. The molecule has 164 valence electrons. The molecule has 0 bridgehead atoms. The fourth-order valence-corrected chi connectivity index (χ4v) is 3.49. The zero-order valence-electron chi connectivity index (χ0n) is 17.4. The number of rotatable bonds is 6. The Hall–Kier alpha value is -1.96. The van der Waals surface area contributed by atoms with Crippen LogP contribution in [0, 0.1) is 0 Å². The predicted octanol–water partition coefficient (Wildman–Crippen LogP) is 3.08. The number of hydrogen-bond donors (Lipinski definition) is 3. The average Bonchev–Trinajstić information content (AvgIpc) is 2.74. The van der Waals surface area contributed by atoms with Gasteiger partial charge in [0.2, 0.25) is 0 Å². The molecule has 1 heterocycles. The largest absolute Gasteiger partial charge is 0.491 e. The highest BCUT2D eigenvalue weighted by molar-refractivity contribution is 6.31. The number of aliphatic hydroxyl groups excluding tert-OH is 3. The van der Waals surface area contributed by atoms with Crippen molar-refractivity contribution in [2.45, 2.75) is 51.1 Å². The van der Waals surface area contributed by atoms with Gasteiger partial charge in [-0.1, -0.05) is 35.9 Å². The van der Waals surface area contributed by atoms with Gasteiger partial charge < -0.3 is 24.8 Å². The summed E-state index contributed by atoms with van der Waals surface area (Å²) < 4.78 is 11.3. The third kappa shape index (κ3) is 6.27. The van der Waals surface area contributed by atoms with Crippen LogP contribution in [0.1, 0.15) is 43.1 Å². The van der Waals surface area contributed by atoms with E-state index >= 15 is 0 Å². The summed E-state index contributed by atoms with van der Waals surface area (Å²) in [7, 11) is 1.00. The first-order chi connectivity index (χ1) is 14.4. The molecule has 3 N–H and O–H groups in total. The smallest absolute Gasteiger partial charge is 0.192 e. The number of carbonyl (C=O) groups is 1. The van der Waals surface area contributed by atoms with Crippen molar-refractivity contribution in [2.24, 2.45) is 0 Å². The second-order valence-electron chi connectivity index (χ2n) is 7.29. The van der Waals surface area contributed by atoms with Gasteiger partial charge in [-0.15, -0.1) is 0 Å². The number of Topliss-reactive ketones (excluding diaryl/α,β-unsaturated/α-hetero) is 1. The van der Waals surface area contributed by atoms with Crippen LogP contribution in [-0.2, 0) is 16.0 Å². The van der Waals surface area contributed by atoms with Gasteiger partial charge in [-0.25, -0.2) is 0 Å². The third-order valence-corrected chi connectivity index (χ3v) is 5.08. The van der Waals surface area contributed by atoms with Crippen LogP contribution in [0.15, 0.2) is 42.5 Å². The molecular weight excluding hydrogens is 408 g/mol. The van der Waals surface area contributed by atoms with Gasteiger partial charge in [0.25, 0.3) is 0 Å². The zero-order chi connectivity index (χ0) is 22.3. The summed E-state index contributed by atoms with van der Waals surface area (Å²) in [5.41, 5.74) is 2.83. The van der Waals surface area contributed by atoms with E-state index < -0.39 is 30.7 Å². The lowest BCUT2D eigenvalue weighted by Gasteiger charge is -2.31. The number of ketones is 1. The van der Waals surface area contributed by atoms with Crippen LogP contribution < -0.4 is 4.74 Å². The van der Waals surface area contributed by atoms with E-state index in [2.05, 4.69) is 0 Å². The third-order valence-electron chi connectivity index (χ3n) is 4.71. The molecule has 6 nitrogen and oxygen atoms in total. The molecule has 3 rings (SSSR count). The standard InChI is InChI=1S/C22H25ClO5.CH4O/c1-13(2)27-17-6-3-14(4-7-17)9-16-10-15(5-8-18(16)23)20-11-19(25)22(26)21(12-24)28-20;1-2/h3-8,10,13,19-21,24-25H,9,11-12H2,1-2H3;2H,1H3. The Balaban J connectivity index is 0.00000155. The first-order valence-corrected chi connectivity index (χ1v) is 10.2. The number of aliphatic hydroxyl groups is 3. The van der Waals surface area contributed by atoms with Crippen LogP contribution in [0.4, 0.5) is 0 Å². The van der Waals surface area contributed by atoms with Crippen molar-refractivity contribution in [3.63, 3.8) is 0 Å². The molecule has 7 heteroatoms. The maximum atomic E-state index is 11.8. The first-order valence-electron chi connectivity index (χ1n) is 9.84. The van der Waals surface area contributed by atoms with Crippen LogP contribution in [0.5, 0.6) is 5.75 Å². The van der Waals surface area contributed by atoms with E-state index in [4.69, 9.17) is 26.2 Å². The highest BCUT2D eigenvalue weighted by Crippen LogP contribution is 2.32. The van der Waals surface area contributed by atoms with E-state index in [1.54, 1.807) is 6.07 Å². The van der Waals surface area contributed by atoms with E-state index in [0.717, 1.165) is 29.5 Å². The molecule has 0 saturated carbocycles. The molecule has 1 fully saturated rings. The van der Waals surface area contributed by atoms with E-state index in [1.807, 2.05) is 50.2 Å². The van der Waals surface area contributed by atoms with Gasteiger partial charge >= 0.3 is 0 Å². The molecule has 0 aromatic heterocycles. The lowest BCUT2D eigenvalue weighted by Crippen LogP contribution is -2.43. The van der Waals surface area contributed by atoms with E-state index in [-0.39, 0.29) is 12.5 Å². The van der Waals surface area contributed by atoms with Gasteiger partial charge in [-0.05, 0) is 55.2 Å². The molecule has 0 aliphatic carbocycles. The van der Waals surface area contributed by atoms with Gasteiger partial charge in [0.1, 0.15) is 18.0 Å². The van der Waals surface area contributed by atoms with Gasteiger partial charge in [0.05, 0.1) is 18.8 Å². The number of halogens is 1. The van der Waals surface area contributed by atoms with Crippen molar-refractivity contribution >= 4 is 17.4 Å². The summed E-state index contributed by atoms with van der Waals surface area (Å²) >= 11 is 6.38. The monoisotopic (exact) mass is 436 g/mol. The lowest BCUT2D eigenvalue weighted by molar-refractivity contribution is -0.161. The molecule has 0 radical (unpaired) electrons. The van der Waals surface area contributed by atoms with Gasteiger partial charge in [-0.3, -0.25) is 4.79 Å². The molecule has 1 aliphatic heterocycles. The summed E-state index contributed by atoms with van der Waals surface area (Å²) in [6.07, 6.45) is -1.69. The Kier molecular flexibility index (Phi) is 9.27. The Morgan fingerprint density at radius 3 is 2.43 bits per heavy atom. The summed E-state index contributed by atoms with van der Waals surface area (Å²) in [5.74, 6) is 0.347. The van der Waals surface area contributed by atoms with Gasteiger partial charge in [0.15, 0.2) is 5.78 Å². The maximum absolute atomic E-state index is 11.8. The number of carbonyl (C=O) groups excluding carboxylic acids is 1. The van der Waals surface area contributed by atoms with Crippen molar-refractivity contribution in [3.8, 4) is 5.75 Å². The van der Waals surface area contributed by atoms with Crippen molar-refractivity contribution in [2.75, 3.05) is 13.7 Å². The number of hydrogen-bond acceptors (Lipinski definition) is 6. The van der Waals surface area contributed by atoms with E-state index in [0.29, 0.717) is 11.4 Å². The molecule has 2 aromatic carbocycles. The lowest BCUT2D eigenvalue weighted by atomic mass is 9.93. The Labute approximate surface area is 182 Å². The van der Waals surface area contributed by atoms with Crippen LogP contribution >= 0.6 is 11.6 Å². The minimum Gasteiger partial charge on any atom is -0.491 e. The number of benzene rings is 2. The second kappa shape index (κ2) is 11.4. The summed E-state index contributed by atoms with van der Waals surface area (Å²) in [5, 5.41) is 26.9. The maximum Gasteiger partial charge on any atom is 0.192 e. The van der Waals surface area contributed by atoms with Crippen molar-refractivity contribution in [1.29, 1.82) is 0 Å². The fraction of sp³-hybridized carbons (Fsp3) is 0.435. The van der Waals surface area contributed by atoms with Gasteiger partial charge in [0, 0.05) is 18.6 Å². The van der Waals surface area contributed by atoms with E-state index in [9.17, 15) is 15.0 Å². The highest BCUT2D eigenvalue weighted by atomic mass is 35.5. The summed E-state index contributed by atoms with van der Waals surface area (Å²) in [6, 6.07) is 13.4. The van der Waals surface area contributed by atoms with Crippen LogP contribution in [-0.4, -0.2) is 53.1 Å². The fourth-order valence-electron chi connectivity index (χ4n) is 3.31. The van der Waals surface area contributed by atoms with Crippen LogP contribution in [0.3, 0.4) is 0 Å². The summed E-state index contributed by atoms with van der Waals surface area (Å²) in [6.45, 7) is 3.52. The molecule has 2 aromatic rings. The highest BCUT2D eigenvalue weighted by Gasteiger charge is 2.36. The van der Waals surface area contributed by atoms with Crippen LogP contribution in [0.2, 0.25) is 5.02 Å². The Morgan fingerprint density at radius 1 is 1.17 bits per heavy atom. The van der Waals surface area contributed by atoms with Crippen molar-refractivity contribution < 1.29 is 29.6 Å². The first kappa shape index (κ1) is 24.3.